The van der Waals surface area contributed by atoms with Gasteiger partial charge in [-0.3, -0.25) is 0 Å². The van der Waals surface area contributed by atoms with Gasteiger partial charge in [-0.25, -0.2) is 0 Å². The molecule has 3 nitrogen and oxygen atoms in total. The van der Waals surface area contributed by atoms with E-state index in [9.17, 15) is 0 Å². The quantitative estimate of drug-likeness (QED) is 0.614. The fourth-order valence-corrected chi connectivity index (χ4v) is 1.68. The Bertz CT molecular complexity index is 105. The van der Waals surface area contributed by atoms with Crippen molar-refractivity contribution in [3.05, 3.63) is 0 Å². The molecular formula is C10H23N3. The van der Waals surface area contributed by atoms with E-state index in [0.29, 0.717) is 0 Å². The first-order valence-corrected chi connectivity index (χ1v) is 5.57. The topological polar surface area (TPSA) is 27.3 Å². The van der Waals surface area contributed by atoms with E-state index in [1.807, 2.05) is 0 Å². The van der Waals surface area contributed by atoms with Gasteiger partial charge in [0.2, 0.25) is 0 Å². The second-order valence-electron chi connectivity index (χ2n) is 3.64. The van der Waals surface area contributed by atoms with Crippen LogP contribution in [0.5, 0.6) is 0 Å². The van der Waals surface area contributed by atoms with E-state index in [4.69, 9.17) is 0 Å². The van der Waals surface area contributed by atoms with E-state index in [-0.39, 0.29) is 0 Å². The molecule has 1 fully saturated rings. The van der Waals surface area contributed by atoms with Crippen LogP contribution in [0.15, 0.2) is 0 Å². The Hall–Kier alpha value is -0.120. The number of likely N-dealkylation sites (N-methyl/N-ethyl adjacent to an activating group) is 1. The van der Waals surface area contributed by atoms with Gasteiger partial charge in [-0.15, -0.1) is 0 Å². The molecule has 0 spiro atoms. The molecule has 0 saturated carbocycles. The highest BCUT2D eigenvalue weighted by molar-refractivity contribution is 4.62. The largest absolute Gasteiger partial charge is 0.317 e. The Morgan fingerprint density at radius 3 is 2.38 bits per heavy atom. The van der Waals surface area contributed by atoms with Gasteiger partial charge >= 0.3 is 0 Å². The van der Waals surface area contributed by atoms with Gasteiger partial charge in [0.1, 0.15) is 0 Å². The molecule has 1 saturated heterocycles. The van der Waals surface area contributed by atoms with Crippen LogP contribution in [-0.2, 0) is 0 Å². The molecule has 0 unspecified atom stereocenters. The fourth-order valence-electron chi connectivity index (χ4n) is 1.68. The Balaban J connectivity index is 2.18. The van der Waals surface area contributed by atoms with Crippen LogP contribution >= 0.6 is 0 Å². The number of nitrogens with one attached hydrogen (secondary N) is 2. The third kappa shape index (κ3) is 5.24. The van der Waals surface area contributed by atoms with Crippen LogP contribution in [-0.4, -0.2) is 50.7 Å². The first-order chi connectivity index (χ1) is 6.43. The molecule has 0 aromatic heterocycles. The lowest BCUT2D eigenvalue weighted by Crippen LogP contribution is -2.33. The second kappa shape index (κ2) is 7.30. The van der Waals surface area contributed by atoms with Crippen LogP contribution < -0.4 is 10.6 Å². The van der Waals surface area contributed by atoms with E-state index in [1.54, 1.807) is 0 Å². The van der Waals surface area contributed by atoms with E-state index in [2.05, 4.69) is 22.5 Å². The van der Waals surface area contributed by atoms with Crippen molar-refractivity contribution in [1.29, 1.82) is 0 Å². The molecular weight excluding hydrogens is 162 g/mol. The first kappa shape index (κ1) is 11.0. The molecule has 1 aliphatic heterocycles. The van der Waals surface area contributed by atoms with Crippen molar-refractivity contribution in [1.82, 2.24) is 15.5 Å². The van der Waals surface area contributed by atoms with Crippen LogP contribution in [0.2, 0.25) is 0 Å². The second-order valence-corrected chi connectivity index (χ2v) is 3.64. The third-order valence-electron chi connectivity index (χ3n) is 2.59. The van der Waals surface area contributed by atoms with Crippen molar-refractivity contribution in [3.63, 3.8) is 0 Å². The van der Waals surface area contributed by atoms with E-state index in [1.165, 1.54) is 45.6 Å². The van der Waals surface area contributed by atoms with Gasteiger partial charge < -0.3 is 15.5 Å². The predicted octanol–water partition coefficient (Wildman–Crippen LogP) is 0.281. The van der Waals surface area contributed by atoms with E-state index >= 15 is 0 Å². The van der Waals surface area contributed by atoms with E-state index < -0.39 is 0 Å². The Morgan fingerprint density at radius 2 is 1.62 bits per heavy atom. The lowest BCUT2D eigenvalue weighted by atomic mass is 10.3. The van der Waals surface area contributed by atoms with Crippen molar-refractivity contribution < 1.29 is 0 Å². The molecule has 1 heterocycles. The summed E-state index contributed by atoms with van der Waals surface area (Å²) in [6.45, 7) is 10.5. The Labute approximate surface area is 81.9 Å². The molecule has 0 aliphatic carbocycles. The summed E-state index contributed by atoms with van der Waals surface area (Å²) in [6.07, 6.45) is 2.54. The molecule has 0 aromatic carbocycles. The standard InChI is InChI=1S/C10H23N3/c1-2-13-9-4-7-11-5-3-6-12-8-10-13/h11-12H,2-10H2,1H3. The van der Waals surface area contributed by atoms with Crippen molar-refractivity contribution in [2.24, 2.45) is 0 Å². The third-order valence-corrected chi connectivity index (χ3v) is 2.59. The molecule has 13 heavy (non-hydrogen) atoms. The SMILES string of the molecule is CCN1CCCNCCCNCC1. The van der Waals surface area contributed by atoms with Gasteiger partial charge in [-0.1, -0.05) is 6.92 Å². The number of hydrogen-bond acceptors (Lipinski definition) is 3. The molecule has 0 atom stereocenters. The molecule has 1 aliphatic rings. The summed E-state index contributed by atoms with van der Waals surface area (Å²) in [6, 6.07) is 0. The summed E-state index contributed by atoms with van der Waals surface area (Å²) in [4.78, 5) is 2.51. The average molecular weight is 185 g/mol. The Morgan fingerprint density at radius 1 is 0.923 bits per heavy atom. The summed E-state index contributed by atoms with van der Waals surface area (Å²) >= 11 is 0. The first-order valence-electron chi connectivity index (χ1n) is 5.57. The highest BCUT2D eigenvalue weighted by atomic mass is 15.1. The Kier molecular flexibility index (Phi) is 6.15. The maximum atomic E-state index is 3.47. The molecule has 78 valence electrons. The lowest BCUT2D eigenvalue weighted by molar-refractivity contribution is 0.285. The van der Waals surface area contributed by atoms with Gasteiger partial charge in [0.25, 0.3) is 0 Å². The zero-order valence-corrected chi connectivity index (χ0v) is 8.81. The molecule has 0 amide bonds. The smallest absolute Gasteiger partial charge is 0.0107 e. The highest BCUT2D eigenvalue weighted by Gasteiger charge is 2.02. The molecule has 1 rings (SSSR count). The summed E-state index contributed by atoms with van der Waals surface area (Å²) in [5, 5.41) is 6.93. The number of nitrogens with zero attached hydrogens (tertiary/aromatic N) is 1. The monoisotopic (exact) mass is 185 g/mol. The van der Waals surface area contributed by atoms with Crippen molar-refractivity contribution in [2.75, 3.05) is 45.8 Å². The normalized spacial score (nSPS) is 23.8. The van der Waals surface area contributed by atoms with Crippen LogP contribution in [0.4, 0.5) is 0 Å². The molecule has 0 aromatic rings. The van der Waals surface area contributed by atoms with Crippen molar-refractivity contribution in [2.45, 2.75) is 19.8 Å². The van der Waals surface area contributed by atoms with Crippen LogP contribution in [0.25, 0.3) is 0 Å². The minimum atomic E-state index is 1.15. The molecule has 3 heteroatoms. The van der Waals surface area contributed by atoms with Gasteiger partial charge in [-0.2, -0.15) is 0 Å². The summed E-state index contributed by atoms with van der Waals surface area (Å²) in [5.41, 5.74) is 0. The van der Waals surface area contributed by atoms with Crippen molar-refractivity contribution in [3.8, 4) is 0 Å². The number of hydrogen-bond donors (Lipinski definition) is 2. The zero-order chi connectivity index (χ0) is 9.36. The fraction of sp³-hybridized carbons (Fsp3) is 1.00. The lowest BCUT2D eigenvalue weighted by Gasteiger charge is -2.19. The minimum absolute atomic E-state index is 1.15. The van der Waals surface area contributed by atoms with Gasteiger partial charge in [0, 0.05) is 13.1 Å². The molecule has 0 bridgehead atoms. The molecule has 0 radical (unpaired) electrons. The summed E-state index contributed by atoms with van der Waals surface area (Å²) < 4.78 is 0. The minimum Gasteiger partial charge on any atom is -0.317 e. The maximum Gasteiger partial charge on any atom is 0.0107 e. The highest BCUT2D eigenvalue weighted by Crippen LogP contribution is 1.91. The van der Waals surface area contributed by atoms with Gasteiger partial charge in [0.15, 0.2) is 0 Å². The zero-order valence-electron chi connectivity index (χ0n) is 8.81. The van der Waals surface area contributed by atoms with Gasteiger partial charge in [0.05, 0.1) is 0 Å². The van der Waals surface area contributed by atoms with Crippen molar-refractivity contribution >= 4 is 0 Å². The maximum absolute atomic E-state index is 3.47. The molecule has 2 N–H and O–H groups in total. The predicted molar refractivity (Wildman–Crippen MR) is 57.1 cm³/mol. The summed E-state index contributed by atoms with van der Waals surface area (Å²) in [5.74, 6) is 0. The van der Waals surface area contributed by atoms with Crippen LogP contribution in [0.3, 0.4) is 0 Å². The van der Waals surface area contributed by atoms with Gasteiger partial charge in [-0.05, 0) is 45.6 Å². The van der Waals surface area contributed by atoms with Crippen LogP contribution in [0, 0.1) is 0 Å². The van der Waals surface area contributed by atoms with E-state index in [0.717, 1.165) is 13.1 Å². The number of rotatable bonds is 1. The van der Waals surface area contributed by atoms with Crippen LogP contribution in [0.1, 0.15) is 19.8 Å². The average Bonchev–Trinajstić information content (AvgIpc) is 2.22. The summed E-state index contributed by atoms with van der Waals surface area (Å²) in [7, 11) is 0.